The summed E-state index contributed by atoms with van der Waals surface area (Å²) < 4.78 is 0. The summed E-state index contributed by atoms with van der Waals surface area (Å²) in [5.41, 5.74) is 2.70. The monoisotopic (exact) mass is 322 g/mol. The minimum atomic E-state index is -0.0549. The number of anilines is 1. The second-order valence-corrected chi connectivity index (χ2v) is 6.61. The molecule has 1 unspecified atom stereocenters. The van der Waals surface area contributed by atoms with Gasteiger partial charge < -0.3 is 15.5 Å². The van der Waals surface area contributed by atoms with Crippen LogP contribution in [0.15, 0.2) is 48.7 Å². The van der Waals surface area contributed by atoms with Crippen LogP contribution in [0, 0.1) is 0 Å². The van der Waals surface area contributed by atoms with Crippen molar-refractivity contribution in [1.29, 1.82) is 0 Å². The van der Waals surface area contributed by atoms with Gasteiger partial charge in [-0.2, -0.15) is 0 Å². The summed E-state index contributed by atoms with van der Waals surface area (Å²) in [6.07, 6.45) is 4.61. The number of fused-ring (bicyclic) bond motifs is 1. The van der Waals surface area contributed by atoms with Crippen LogP contribution in [0.4, 0.5) is 10.6 Å². The van der Waals surface area contributed by atoms with Gasteiger partial charge in [0.25, 0.3) is 0 Å². The number of nitrogens with zero attached hydrogens (tertiary/aromatic N) is 2. The Hall–Kier alpha value is -2.56. The molecule has 1 aromatic heterocycles. The molecule has 2 aromatic rings. The summed E-state index contributed by atoms with van der Waals surface area (Å²) in [6, 6.07) is 14.7. The van der Waals surface area contributed by atoms with Gasteiger partial charge >= 0.3 is 6.03 Å². The number of hydrogen-bond donors (Lipinski definition) is 2. The molecule has 1 aliphatic heterocycles. The number of urea groups is 1. The predicted molar refractivity (Wildman–Crippen MR) is 94.2 cm³/mol. The Labute approximate surface area is 142 Å². The molecule has 1 aliphatic carbocycles. The van der Waals surface area contributed by atoms with Gasteiger partial charge in [-0.05, 0) is 42.5 Å². The molecule has 4 rings (SSSR count). The lowest BCUT2D eigenvalue weighted by Gasteiger charge is -2.19. The number of nitrogens with one attached hydrogen (secondary N) is 2. The molecular formula is C19H22N4O. The third kappa shape index (κ3) is 3.20. The van der Waals surface area contributed by atoms with Gasteiger partial charge in [-0.3, -0.25) is 0 Å². The first-order valence-electron chi connectivity index (χ1n) is 8.58. The van der Waals surface area contributed by atoms with E-state index in [4.69, 9.17) is 0 Å². The van der Waals surface area contributed by atoms with Crippen LogP contribution in [-0.2, 0) is 12.8 Å². The van der Waals surface area contributed by atoms with Gasteiger partial charge in [0.15, 0.2) is 0 Å². The number of carbonyl (C=O) groups is 1. The first-order valence-corrected chi connectivity index (χ1v) is 8.58. The Morgan fingerprint density at radius 1 is 1.00 bits per heavy atom. The Kier molecular flexibility index (Phi) is 4.07. The molecule has 1 saturated heterocycles. The fourth-order valence-electron chi connectivity index (χ4n) is 3.70. The van der Waals surface area contributed by atoms with Crippen molar-refractivity contribution < 1.29 is 4.79 Å². The van der Waals surface area contributed by atoms with E-state index < -0.39 is 0 Å². The second kappa shape index (κ2) is 6.51. The van der Waals surface area contributed by atoms with Crippen molar-refractivity contribution in [3.05, 3.63) is 59.8 Å². The molecule has 5 nitrogen and oxygen atoms in total. The molecule has 5 heteroatoms. The summed E-state index contributed by atoms with van der Waals surface area (Å²) in [7, 11) is 0. The van der Waals surface area contributed by atoms with Crippen molar-refractivity contribution in [3.63, 3.8) is 0 Å². The third-order valence-corrected chi connectivity index (χ3v) is 4.88. The fraction of sp³-hybridized carbons (Fsp3) is 0.368. The van der Waals surface area contributed by atoms with E-state index in [9.17, 15) is 4.79 Å². The number of carbonyl (C=O) groups excluding carboxylic acids is 1. The van der Waals surface area contributed by atoms with Crippen molar-refractivity contribution in [2.75, 3.05) is 18.0 Å². The van der Waals surface area contributed by atoms with Crippen molar-refractivity contribution in [2.45, 2.75) is 31.3 Å². The summed E-state index contributed by atoms with van der Waals surface area (Å²) in [6.45, 7) is 1.74. The minimum Gasteiger partial charge on any atom is -0.354 e. The zero-order chi connectivity index (χ0) is 16.4. The molecule has 0 spiro atoms. The minimum absolute atomic E-state index is 0.0549. The number of aromatic nitrogens is 1. The molecule has 1 fully saturated rings. The Balaban J connectivity index is 1.27. The van der Waals surface area contributed by atoms with Crippen LogP contribution in [0.5, 0.6) is 0 Å². The molecule has 0 radical (unpaired) electrons. The van der Waals surface area contributed by atoms with E-state index in [2.05, 4.69) is 44.8 Å². The Morgan fingerprint density at radius 2 is 1.71 bits per heavy atom. The first-order chi connectivity index (χ1) is 11.8. The third-order valence-electron chi connectivity index (χ3n) is 4.88. The summed E-state index contributed by atoms with van der Waals surface area (Å²) in [5, 5.41) is 6.24. The van der Waals surface area contributed by atoms with Gasteiger partial charge in [-0.15, -0.1) is 0 Å². The molecule has 1 atom stereocenters. The van der Waals surface area contributed by atoms with Crippen molar-refractivity contribution in [1.82, 2.24) is 15.6 Å². The van der Waals surface area contributed by atoms with Gasteiger partial charge in [0, 0.05) is 31.4 Å². The van der Waals surface area contributed by atoms with Crippen LogP contribution in [0.2, 0.25) is 0 Å². The van der Waals surface area contributed by atoms with Gasteiger partial charge in [0.1, 0.15) is 5.82 Å². The Bertz CT molecular complexity index is 693. The Morgan fingerprint density at radius 3 is 2.42 bits per heavy atom. The van der Waals surface area contributed by atoms with Gasteiger partial charge in [0.05, 0.1) is 0 Å². The molecule has 2 heterocycles. The summed E-state index contributed by atoms with van der Waals surface area (Å²) in [4.78, 5) is 18.9. The lowest BCUT2D eigenvalue weighted by molar-refractivity contribution is 0.234. The van der Waals surface area contributed by atoms with E-state index in [1.165, 1.54) is 11.1 Å². The smallest absolute Gasteiger partial charge is 0.315 e. The number of hydrogen-bond acceptors (Lipinski definition) is 3. The lowest BCUT2D eigenvalue weighted by Crippen LogP contribution is -2.47. The molecule has 2 N–H and O–H groups in total. The molecule has 24 heavy (non-hydrogen) atoms. The second-order valence-electron chi connectivity index (χ2n) is 6.61. The maximum atomic E-state index is 12.3. The molecule has 2 amide bonds. The van der Waals surface area contributed by atoms with Crippen molar-refractivity contribution in [2.24, 2.45) is 0 Å². The molecule has 0 saturated carbocycles. The van der Waals surface area contributed by atoms with Crippen molar-refractivity contribution in [3.8, 4) is 0 Å². The highest BCUT2D eigenvalue weighted by molar-refractivity contribution is 5.75. The van der Waals surface area contributed by atoms with Crippen LogP contribution < -0.4 is 15.5 Å². The van der Waals surface area contributed by atoms with E-state index in [-0.39, 0.29) is 18.1 Å². The van der Waals surface area contributed by atoms with Crippen molar-refractivity contribution >= 4 is 11.8 Å². The lowest BCUT2D eigenvalue weighted by atomic mass is 10.1. The van der Waals surface area contributed by atoms with Crippen LogP contribution in [-0.4, -0.2) is 36.2 Å². The van der Waals surface area contributed by atoms with Gasteiger partial charge in [-0.1, -0.05) is 30.3 Å². The highest BCUT2D eigenvalue weighted by atomic mass is 16.2. The zero-order valence-corrected chi connectivity index (χ0v) is 13.6. The van der Waals surface area contributed by atoms with E-state index in [1.54, 1.807) is 6.20 Å². The van der Waals surface area contributed by atoms with Crippen LogP contribution in [0.25, 0.3) is 0 Å². The predicted octanol–water partition coefficient (Wildman–Crippen LogP) is 2.13. The number of amides is 2. The van der Waals surface area contributed by atoms with E-state index in [1.807, 2.05) is 18.2 Å². The quantitative estimate of drug-likeness (QED) is 0.910. The fourth-order valence-corrected chi connectivity index (χ4v) is 3.70. The first kappa shape index (κ1) is 15.0. The molecule has 124 valence electrons. The van der Waals surface area contributed by atoms with Crippen LogP contribution in [0.1, 0.15) is 17.5 Å². The normalized spacial score (nSPS) is 20.0. The summed E-state index contributed by atoms with van der Waals surface area (Å²) in [5.74, 6) is 0.980. The largest absolute Gasteiger partial charge is 0.354 e. The number of rotatable bonds is 3. The maximum absolute atomic E-state index is 12.3. The average molecular weight is 322 g/mol. The van der Waals surface area contributed by atoms with E-state index in [0.29, 0.717) is 0 Å². The number of pyridine rings is 1. The van der Waals surface area contributed by atoms with Crippen LogP contribution in [0.3, 0.4) is 0 Å². The summed E-state index contributed by atoms with van der Waals surface area (Å²) >= 11 is 0. The van der Waals surface area contributed by atoms with E-state index in [0.717, 1.165) is 38.2 Å². The van der Waals surface area contributed by atoms with Gasteiger partial charge in [0.2, 0.25) is 0 Å². The highest BCUT2D eigenvalue weighted by Gasteiger charge is 2.27. The van der Waals surface area contributed by atoms with Gasteiger partial charge in [-0.25, -0.2) is 9.78 Å². The van der Waals surface area contributed by atoms with Crippen LogP contribution >= 0.6 is 0 Å². The topological polar surface area (TPSA) is 57.3 Å². The highest BCUT2D eigenvalue weighted by Crippen LogP contribution is 2.22. The molecular weight excluding hydrogens is 300 g/mol. The standard InChI is InChI=1S/C19H22N4O/c24-19(22-17-11-14-5-1-2-6-15(14)12-17)21-16-8-10-23(13-16)18-7-3-4-9-20-18/h1-7,9,16-17H,8,10-13H2,(H2,21,22,24). The SMILES string of the molecule is O=C(NC1Cc2ccccc2C1)NC1CCN(c2ccccn2)C1. The maximum Gasteiger partial charge on any atom is 0.315 e. The zero-order valence-electron chi connectivity index (χ0n) is 13.6. The molecule has 0 bridgehead atoms. The molecule has 1 aromatic carbocycles. The number of benzene rings is 1. The molecule has 2 aliphatic rings. The van der Waals surface area contributed by atoms with E-state index >= 15 is 0 Å². The average Bonchev–Trinajstić information content (AvgIpc) is 3.21.